The van der Waals surface area contributed by atoms with Gasteiger partial charge in [0.25, 0.3) is 0 Å². The van der Waals surface area contributed by atoms with Crippen LogP contribution in [-0.4, -0.2) is 23.4 Å². The van der Waals surface area contributed by atoms with Gasteiger partial charge in [-0.1, -0.05) is 18.2 Å². The molecule has 1 aliphatic rings. The second-order valence-corrected chi connectivity index (χ2v) is 3.75. The van der Waals surface area contributed by atoms with Gasteiger partial charge in [-0.15, -0.1) is 0 Å². The lowest BCUT2D eigenvalue weighted by atomic mass is 9.90. The standard InChI is InChI=1S/C11H14FNO/c12-11-4-2-1-3-10(11)9-5-7-13(14)8-6-9/h1-4,9,14H,5-8H2. The molecule has 1 fully saturated rings. The molecule has 1 aromatic carbocycles. The van der Waals surface area contributed by atoms with E-state index in [0.29, 0.717) is 13.1 Å². The Labute approximate surface area is 82.9 Å². The molecule has 0 aliphatic carbocycles. The summed E-state index contributed by atoms with van der Waals surface area (Å²) < 4.78 is 13.4. The summed E-state index contributed by atoms with van der Waals surface area (Å²) in [4.78, 5) is 0. The molecule has 76 valence electrons. The van der Waals surface area contributed by atoms with Crippen molar-refractivity contribution in [3.63, 3.8) is 0 Å². The van der Waals surface area contributed by atoms with Crippen molar-refractivity contribution < 1.29 is 9.60 Å². The highest BCUT2D eigenvalue weighted by Gasteiger charge is 2.21. The molecule has 0 saturated carbocycles. The van der Waals surface area contributed by atoms with Crippen molar-refractivity contribution >= 4 is 0 Å². The maximum atomic E-state index is 13.4. The summed E-state index contributed by atoms with van der Waals surface area (Å²) in [7, 11) is 0. The zero-order chi connectivity index (χ0) is 9.97. The first-order chi connectivity index (χ1) is 6.77. The largest absolute Gasteiger partial charge is 0.314 e. The van der Waals surface area contributed by atoms with Crippen molar-refractivity contribution in [2.24, 2.45) is 0 Å². The number of nitrogens with zero attached hydrogens (tertiary/aromatic N) is 1. The molecule has 1 saturated heterocycles. The second-order valence-electron chi connectivity index (χ2n) is 3.75. The van der Waals surface area contributed by atoms with Gasteiger partial charge in [0.1, 0.15) is 5.82 Å². The molecule has 0 radical (unpaired) electrons. The molecular weight excluding hydrogens is 181 g/mol. The molecule has 14 heavy (non-hydrogen) atoms. The molecule has 1 heterocycles. The maximum absolute atomic E-state index is 13.4. The zero-order valence-corrected chi connectivity index (χ0v) is 7.99. The lowest BCUT2D eigenvalue weighted by molar-refractivity contribution is -0.106. The number of hydrogen-bond donors (Lipinski definition) is 1. The number of hydroxylamine groups is 2. The Morgan fingerprint density at radius 3 is 2.50 bits per heavy atom. The van der Waals surface area contributed by atoms with E-state index in [-0.39, 0.29) is 11.7 Å². The normalized spacial score (nSPS) is 19.9. The van der Waals surface area contributed by atoms with Crippen LogP contribution in [0.5, 0.6) is 0 Å². The van der Waals surface area contributed by atoms with E-state index in [4.69, 9.17) is 0 Å². The third-order valence-corrected chi connectivity index (χ3v) is 2.82. The minimum absolute atomic E-state index is 0.121. The average molecular weight is 195 g/mol. The van der Waals surface area contributed by atoms with Crippen LogP contribution in [0.4, 0.5) is 4.39 Å². The van der Waals surface area contributed by atoms with E-state index >= 15 is 0 Å². The van der Waals surface area contributed by atoms with Crippen molar-refractivity contribution in [3.05, 3.63) is 35.6 Å². The summed E-state index contributed by atoms with van der Waals surface area (Å²) in [6.45, 7) is 1.28. The molecule has 0 atom stereocenters. The summed E-state index contributed by atoms with van der Waals surface area (Å²) in [6, 6.07) is 6.91. The monoisotopic (exact) mass is 195 g/mol. The van der Waals surface area contributed by atoms with Crippen LogP contribution in [0.15, 0.2) is 24.3 Å². The maximum Gasteiger partial charge on any atom is 0.126 e. The summed E-state index contributed by atoms with van der Waals surface area (Å²) in [5, 5.41) is 10.5. The van der Waals surface area contributed by atoms with E-state index < -0.39 is 0 Å². The Bertz CT molecular complexity index is 308. The first kappa shape index (κ1) is 9.62. The van der Waals surface area contributed by atoms with Crippen molar-refractivity contribution in [2.75, 3.05) is 13.1 Å². The fourth-order valence-electron chi connectivity index (χ4n) is 1.98. The van der Waals surface area contributed by atoms with Crippen LogP contribution in [0.25, 0.3) is 0 Å². The third kappa shape index (κ3) is 1.94. The van der Waals surface area contributed by atoms with Crippen LogP contribution in [0, 0.1) is 5.82 Å². The smallest absolute Gasteiger partial charge is 0.126 e. The van der Waals surface area contributed by atoms with Gasteiger partial charge in [-0.05, 0) is 30.4 Å². The first-order valence-electron chi connectivity index (χ1n) is 4.95. The van der Waals surface area contributed by atoms with E-state index in [1.54, 1.807) is 6.07 Å². The van der Waals surface area contributed by atoms with Crippen LogP contribution in [0.2, 0.25) is 0 Å². The van der Waals surface area contributed by atoms with Crippen molar-refractivity contribution in [2.45, 2.75) is 18.8 Å². The average Bonchev–Trinajstić information content (AvgIpc) is 2.20. The molecule has 3 heteroatoms. The molecule has 1 aliphatic heterocycles. The van der Waals surface area contributed by atoms with Crippen molar-refractivity contribution in [1.82, 2.24) is 5.06 Å². The Kier molecular flexibility index (Phi) is 2.79. The molecule has 1 N–H and O–H groups in total. The van der Waals surface area contributed by atoms with Gasteiger partial charge in [0.15, 0.2) is 0 Å². The van der Waals surface area contributed by atoms with Gasteiger partial charge in [0.05, 0.1) is 0 Å². The van der Waals surface area contributed by atoms with E-state index in [0.717, 1.165) is 18.4 Å². The molecule has 2 nitrogen and oxygen atoms in total. The molecular formula is C11H14FNO. The summed E-state index contributed by atoms with van der Waals surface area (Å²) in [5.41, 5.74) is 0.792. The van der Waals surface area contributed by atoms with Gasteiger partial charge in [-0.25, -0.2) is 4.39 Å². The van der Waals surface area contributed by atoms with E-state index in [1.807, 2.05) is 12.1 Å². The first-order valence-corrected chi connectivity index (χ1v) is 4.95. The number of halogens is 1. The fourth-order valence-corrected chi connectivity index (χ4v) is 1.98. The fraction of sp³-hybridized carbons (Fsp3) is 0.455. The highest BCUT2D eigenvalue weighted by atomic mass is 19.1. The van der Waals surface area contributed by atoms with Gasteiger partial charge in [0, 0.05) is 13.1 Å². The van der Waals surface area contributed by atoms with Crippen LogP contribution in [0.1, 0.15) is 24.3 Å². The zero-order valence-electron chi connectivity index (χ0n) is 7.99. The van der Waals surface area contributed by atoms with E-state index in [2.05, 4.69) is 0 Å². The third-order valence-electron chi connectivity index (χ3n) is 2.82. The van der Waals surface area contributed by atoms with Gasteiger partial charge in [-0.3, -0.25) is 0 Å². The highest BCUT2D eigenvalue weighted by molar-refractivity contribution is 5.22. The molecule has 1 aromatic rings. The Hall–Kier alpha value is -0.930. The second kappa shape index (κ2) is 4.07. The number of rotatable bonds is 1. The lowest BCUT2D eigenvalue weighted by Crippen LogP contribution is -2.30. The predicted molar refractivity (Wildman–Crippen MR) is 51.7 cm³/mol. The highest BCUT2D eigenvalue weighted by Crippen LogP contribution is 2.28. The molecule has 0 spiro atoms. The van der Waals surface area contributed by atoms with Crippen LogP contribution in [-0.2, 0) is 0 Å². The number of benzene rings is 1. The van der Waals surface area contributed by atoms with E-state index in [9.17, 15) is 9.60 Å². The van der Waals surface area contributed by atoms with Gasteiger partial charge >= 0.3 is 0 Å². The Morgan fingerprint density at radius 2 is 1.86 bits per heavy atom. The summed E-state index contributed by atoms with van der Waals surface area (Å²) in [6.07, 6.45) is 1.66. The lowest BCUT2D eigenvalue weighted by Gasteiger charge is -2.27. The topological polar surface area (TPSA) is 23.5 Å². The minimum atomic E-state index is -0.121. The molecule has 0 unspecified atom stereocenters. The van der Waals surface area contributed by atoms with E-state index in [1.165, 1.54) is 11.1 Å². The van der Waals surface area contributed by atoms with Crippen molar-refractivity contribution in [3.8, 4) is 0 Å². The molecule has 0 bridgehead atoms. The Balaban J connectivity index is 2.12. The van der Waals surface area contributed by atoms with Gasteiger partial charge in [0.2, 0.25) is 0 Å². The van der Waals surface area contributed by atoms with Gasteiger partial charge in [-0.2, -0.15) is 5.06 Å². The number of hydrogen-bond acceptors (Lipinski definition) is 2. The predicted octanol–water partition coefficient (Wildman–Crippen LogP) is 2.39. The van der Waals surface area contributed by atoms with Crippen LogP contribution >= 0.6 is 0 Å². The van der Waals surface area contributed by atoms with Crippen LogP contribution in [0.3, 0.4) is 0 Å². The summed E-state index contributed by atoms with van der Waals surface area (Å²) >= 11 is 0. The molecule has 0 aromatic heterocycles. The molecule has 2 rings (SSSR count). The van der Waals surface area contributed by atoms with Crippen molar-refractivity contribution in [1.29, 1.82) is 0 Å². The minimum Gasteiger partial charge on any atom is -0.314 e. The Morgan fingerprint density at radius 1 is 1.21 bits per heavy atom. The van der Waals surface area contributed by atoms with Gasteiger partial charge < -0.3 is 5.21 Å². The number of piperidine rings is 1. The quantitative estimate of drug-likeness (QED) is 0.743. The SMILES string of the molecule is ON1CCC(c2ccccc2F)CC1. The van der Waals surface area contributed by atoms with Crippen LogP contribution < -0.4 is 0 Å². The molecule has 0 amide bonds. The summed E-state index contributed by atoms with van der Waals surface area (Å²) in [5.74, 6) is 0.142.